The van der Waals surface area contributed by atoms with Crippen LogP contribution in [0.5, 0.6) is 0 Å². The summed E-state index contributed by atoms with van der Waals surface area (Å²) < 4.78 is 1.87. The molecule has 1 heterocycles. The van der Waals surface area contributed by atoms with Crippen molar-refractivity contribution in [3.05, 3.63) is 23.4 Å². The molecule has 22 heavy (non-hydrogen) atoms. The summed E-state index contributed by atoms with van der Waals surface area (Å²) >= 11 is 0. The van der Waals surface area contributed by atoms with Crippen molar-refractivity contribution in [1.29, 1.82) is 0 Å². The minimum atomic E-state index is -1.07. The van der Waals surface area contributed by atoms with Crippen molar-refractivity contribution >= 4 is 28.5 Å². The molecule has 0 amide bonds. The number of anilines is 1. The number of aryl methyl sites for hydroxylation is 3. The van der Waals surface area contributed by atoms with Gasteiger partial charge in [-0.05, 0) is 38.5 Å². The van der Waals surface area contributed by atoms with Crippen molar-refractivity contribution in [1.82, 2.24) is 9.78 Å². The molecule has 0 unspecified atom stereocenters. The fourth-order valence-corrected chi connectivity index (χ4v) is 2.60. The predicted molar refractivity (Wildman–Crippen MR) is 82.4 cm³/mol. The molecule has 0 bridgehead atoms. The highest BCUT2D eigenvalue weighted by atomic mass is 16.4. The summed E-state index contributed by atoms with van der Waals surface area (Å²) in [6, 6.07) is 3.69. The molecule has 0 aliphatic rings. The van der Waals surface area contributed by atoms with Gasteiger partial charge in [0.1, 0.15) is 13.1 Å². The quantitative estimate of drug-likeness (QED) is 0.842. The molecule has 0 aliphatic heterocycles. The molecule has 0 saturated carbocycles. The fourth-order valence-electron chi connectivity index (χ4n) is 2.60. The number of fused-ring (bicyclic) bond motifs is 1. The number of nitrogens with zero attached hydrogens (tertiary/aromatic N) is 3. The average Bonchev–Trinajstić information content (AvgIpc) is 2.72. The Morgan fingerprint density at radius 1 is 1.18 bits per heavy atom. The second kappa shape index (κ2) is 6.05. The lowest BCUT2D eigenvalue weighted by molar-refractivity contribution is -0.136. The molecule has 1 aromatic heterocycles. The summed E-state index contributed by atoms with van der Waals surface area (Å²) in [4.78, 5) is 23.3. The lowest BCUT2D eigenvalue weighted by Gasteiger charge is -2.22. The summed E-state index contributed by atoms with van der Waals surface area (Å²) in [5.41, 5.74) is 3.18. The fraction of sp³-hybridized carbons (Fsp3) is 0.400. The SMILES string of the molecule is CCn1nc2cc(N(CC(=O)O)CC(=O)O)c(C)cc2c1C. The Labute approximate surface area is 127 Å². The highest BCUT2D eigenvalue weighted by Crippen LogP contribution is 2.28. The number of aromatic nitrogens is 2. The molecule has 2 aromatic rings. The highest BCUT2D eigenvalue weighted by Gasteiger charge is 2.18. The van der Waals surface area contributed by atoms with E-state index in [4.69, 9.17) is 10.2 Å². The largest absolute Gasteiger partial charge is 0.480 e. The van der Waals surface area contributed by atoms with Gasteiger partial charge in [-0.2, -0.15) is 5.10 Å². The van der Waals surface area contributed by atoms with Crippen LogP contribution in [0.1, 0.15) is 18.2 Å². The van der Waals surface area contributed by atoms with Crippen LogP contribution in [-0.4, -0.2) is 45.0 Å². The van der Waals surface area contributed by atoms with E-state index < -0.39 is 11.9 Å². The Morgan fingerprint density at radius 3 is 2.27 bits per heavy atom. The maximum atomic E-state index is 11.0. The van der Waals surface area contributed by atoms with E-state index in [9.17, 15) is 9.59 Å². The number of benzene rings is 1. The topological polar surface area (TPSA) is 95.7 Å². The van der Waals surface area contributed by atoms with E-state index in [1.807, 2.05) is 31.5 Å². The third kappa shape index (κ3) is 3.03. The predicted octanol–water partition coefficient (Wildman–Crippen LogP) is 1.65. The van der Waals surface area contributed by atoms with Crippen LogP contribution in [0.3, 0.4) is 0 Å². The minimum Gasteiger partial charge on any atom is -0.480 e. The van der Waals surface area contributed by atoms with Crippen molar-refractivity contribution in [2.24, 2.45) is 0 Å². The highest BCUT2D eigenvalue weighted by molar-refractivity contribution is 5.88. The standard InChI is InChI=1S/C15H19N3O4/c1-4-18-10(3)11-5-9(2)13(6-12(11)16-18)17(7-14(19)20)8-15(21)22/h5-6H,4,7-8H2,1-3H3,(H,19,20)(H,21,22). The molecule has 7 heteroatoms. The smallest absolute Gasteiger partial charge is 0.323 e. The van der Waals surface area contributed by atoms with Gasteiger partial charge in [0.2, 0.25) is 0 Å². The second-order valence-corrected chi connectivity index (χ2v) is 5.20. The number of carboxylic acids is 2. The number of carbonyl (C=O) groups is 2. The van der Waals surface area contributed by atoms with E-state index in [1.54, 1.807) is 6.07 Å². The van der Waals surface area contributed by atoms with E-state index in [0.29, 0.717) is 5.69 Å². The molecule has 0 fully saturated rings. The number of carboxylic acid groups (broad SMARTS) is 2. The van der Waals surface area contributed by atoms with Gasteiger partial charge in [-0.15, -0.1) is 0 Å². The van der Waals surface area contributed by atoms with E-state index in [0.717, 1.165) is 28.7 Å². The summed E-state index contributed by atoms with van der Waals surface area (Å²) in [6.45, 7) is 5.81. The molecule has 1 aromatic carbocycles. The summed E-state index contributed by atoms with van der Waals surface area (Å²) in [7, 11) is 0. The van der Waals surface area contributed by atoms with Gasteiger partial charge in [0.15, 0.2) is 0 Å². The van der Waals surface area contributed by atoms with Crippen LogP contribution in [0, 0.1) is 13.8 Å². The zero-order valence-electron chi connectivity index (χ0n) is 12.8. The third-order valence-electron chi connectivity index (χ3n) is 3.61. The molecule has 0 aliphatic carbocycles. The first-order chi connectivity index (χ1) is 10.3. The van der Waals surface area contributed by atoms with E-state index in [2.05, 4.69) is 5.10 Å². The Balaban J connectivity index is 2.54. The van der Waals surface area contributed by atoms with E-state index in [-0.39, 0.29) is 13.1 Å². The zero-order chi connectivity index (χ0) is 16.4. The summed E-state index contributed by atoms with van der Waals surface area (Å²) in [5, 5.41) is 23.5. The maximum absolute atomic E-state index is 11.0. The average molecular weight is 305 g/mol. The molecule has 0 atom stereocenters. The Morgan fingerprint density at radius 2 is 1.77 bits per heavy atom. The van der Waals surface area contributed by atoms with Crippen LogP contribution in [0.2, 0.25) is 0 Å². The maximum Gasteiger partial charge on any atom is 0.323 e. The first-order valence-corrected chi connectivity index (χ1v) is 6.99. The number of rotatable bonds is 6. The molecule has 0 spiro atoms. The molecular formula is C15H19N3O4. The third-order valence-corrected chi connectivity index (χ3v) is 3.61. The number of hydrogen-bond acceptors (Lipinski definition) is 4. The lowest BCUT2D eigenvalue weighted by Crippen LogP contribution is -2.34. The molecule has 7 nitrogen and oxygen atoms in total. The van der Waals surface area contributed by atoms with Gasteiger partial charge in [-0.1, -0.05) is 0 Å². The Kier molecular flexibility index (Phi) is 4.35. The summed E-state index contributed by atoms with van der Waals surface area (Å²) in [5.74, 6) is -2.15. The first-order valence-electron chi connectivity index (χ1n) is 6.99. The number of hydrogen-bond donors (Lipinski definition) is 2. The van der Waals surface area contributed by atoms with Crippen LogP contribution in [0.4, 0.5) is 5.69 Å². The van der Waals surface area contributed by atoms with Crippen molar-refractivity contribution in [2.45, 2.75) is 27.3 Å². The molecule has 118 valence electrons. The van der Waals surface area contributed by atoms with Crippen molar-refractivity contribution in [3.63, 3.8) is 0 Å². The molecule has 2 rings (SSSR count). The van der Waals surface area contributed by atoms with Crippen LogP contribution in [-0.2, 0) is 16.1 Å². The molecule has 0 saturated heterocycles. The molecular weight excluding hydrogens is 286 g/mol. The van der Waals surface area contributed by atoms with Crippen LogP contribution < -0.4 is 4.90 Å². The van der Waals surface area contributed by atoms with E-state index in [1.165, 1.54) is 4.90 Å². The lowest BCUT2D eigenvalue weighted by atomic mass is 10.1. The summed E-state index contributed by atoms with van der Waals surface area (Å²) in [6.07, 6.45) is 0. The van der Waals surface area contributed by atoms with Gasteiger partial charge < -0.3 is 15.1 Å². The van der Waals surface area contributed by atoms with Gasteiger partial charge in [-0.25, -0.2) is 0 Å². The van der Waals surface area contributed by atoms with Crippen LogP contribution >= 0.6 is 0 Å². The Bertz CT molecular complexity index is 720. The van der Waals surface area contributed by atoms with Gasteiger partial charge in [0.05, 0.1) is 5.52 Å². The minimum absolute atomic E-state index is 0.369. The normalized spacial score (nSPS) is 10.9. The van der Waals surface area contributed by atoms with Gasteiger partial charge in [0, 0.05) is 23.3 Å². The monoisotopic (exact) mass is 305 g/mol. The van der Waals surface area contributed by atoms with Gasteiger partial charge >= 0.3 is 11.9 Å². The first kappa shape index (κ1) is 15.8. The van der Waals surface area contributed by atoms with Gasteiger partial charge in [-0.3, -0.25) is 14.3 Å². The second-order valence-electron chi connectivity index (χ2n) is 5.20. The van der Waals surface area contributed by atoms with Gasteiger partial charge in [0.25, 0.3) is 0 Å². The number of aliphatic carboxylic acids is 2. The molecule has 2 N–H and O–H groups in total. The zero-order valence-corrected chi connectivity index (χ0v) is 12.8. The molecule has 0 radical (unpaired) electrons. The van der Waals surface area contributed by atoms with Crippen molar-refractivity contribution < 1.29 is 19.8 Å². The van der Waals surface area contributed by atoms with Crippen LogP contribution in [0.15, 0.2) is 12.1 Å². The van der Waals surface area contributed by atoms with Crippen LogP contribution in [0.25, 0.3) is 10.9 Å². The van der Waals surface area contributed by atoms with Crippen molar-refractivity contribution in [2.75, 3.05) is 18.0 Å². The Hall–Kier alpha value is -2.57. The van der Waals surface area contributed by atoms with E-state index >= 15 is 0 Å². The van der Waals surface area contributed by atoms with Crippen molar-refractivity contribution in [3.8, 4) is 0 Å².